The monoisotopic (exact) mass is 473 g/mol. The molecule has 1 aliphatic heterocycles. The Morgan fingerprint density at radius 2 is 1.82 bits per heavy atom. The van der Waals surface area contributed by atoms with Gasteiger partial charge in [0.25, 0.3) is 5.91 Å². The van der Waals surface area contributed by atoms with Crippen LogP contribution in [0.1, 0.15) is 23.6 Å². The van der Waals surface area contributed by atoms with E-state index in [1.807, 2.05) is 43.4 Å². The first-order valence-corrected chi connectivity index (χ1v) is 12.0. The molecule has 0 radical (unpaired) electrons. The van der Waals surface area contributed by atoms with Crippen LogP contribution in [0.15, 0.2) is 89.0 Å². The van der Waals surface area contributed by atoms with Crippen molar-refractivity contribution in [1.82, 2.24) is 9.58 Å². The van der Waals surface area contributed by atoms with E-state index >= 15 is 0 Å². The number of methoxy groups -OCH3 is 1. The second kappa shape index (κ2) is 9.35. The maximum absolute atomic E-state index is 13.6. The van der Waals surface area contributed by atoms with Gasteiger partial charge in [0, 0.05) is 35.5 Å². The predicted octanol–water partition coefficient (Wildman–Crippen LogP) is 5.80. The molecule has 1 atom stereocenters. The van der Waals surface area contributed by atoms with E-state index in [1.165, 1.54) is 23.9 Å². The minimum atomic E-state index is -0.303. The van der Waals surface area contributed by atoms with Crippen molar-refractivity contribution in [1.29, 1.82) is 0 Å². The molecule has 0 saturated carbocycles. The lowest BCUT2D eigenvalue weighted by Crippen LogP contribution is -2.28. The number of carbonyl (C=O) groups is 1. The number of nitrogens with zero attached hydrogens (tertiary/aromatic N) is 3. The Morgan fingerprint density at radius 3 is 2.56 bits per heavy atom. The second-order valence-electron chi connectivity index (χ2n) is 8.20. The fraction of sp³-hybridized carbons (Fsp3) is 0.185. The number of fused-ring (bicyclic) bond motifs is 1. The van der Waals surface area contributed by atoms with Crippen molar-refractivity contribution in [2.24, 2.45) is 12.1 Å². The molecule has 0 aliphatic carbocycles. The third-order valence-electron chi connectivity index (χ3n) is 6.06. The first-order valence-electron chi connectivity index (χ1n) is 11.0. The lowest BCUT2D eigenvalue weighted by molar-refractivity contribution is -0.130. The van der Waals surface area contributed by atoms with E-state index < -0.39 is 0 Å². The minimum Gasteiger partial charge on any atom is -0.497 e. The number of carbonyl (C=O) groups excluding carboxylic acids is 1. The van der Waals surface area contributed by atoms with Crippen LogP contribution in [-0.2, 0) is 11.8 Å². The highest BCUT2D eigenvalue weighted by Gasteiger charge is 2.33. The van der Waals surface area contributed by atoms with Gasteiger partial charge in [-0.25, -0.2) is 9.40 Å². The fourth-order valence-electron chi connectivity index (χ4n) is 4.27. The largest absolute Gasteiger partial charge is 0.497 e. The summed E-state index contributed by atoms with van der Waals surface area (Å²) in [5, 5.41) is 7.41. The number of ether oxygens (including phenoxy) is 1. The molecule has 172 valence electrons. The molecule has 7 heteroatoms. The zero-order chi connectivity index (χ0) is 23.7. The third-order valence-corrected chi connectivity index (χ3v) is 7.08. The van der Waals surface area contributed by atoms with Crippen LogP contribution in [0.5, 0.6) is 5.75 Å². The number of hydrogen-bond donors (Lipinski definition) is 0. The topological polar surface area (TPSA) is 46.8 Å². The Labute approximate surface area is 201 Å². The van der Waals surface area contributed by atoms with Gasteiger partial charge in [-0.2, -0.15) is 5.10 Å². The molecule has 0 unspecified atom stereocenters. The van der Waals surface area contributed by atoms with Crippen molar-refractivity contribution in [3.63, 3.8) is 0 Å². The van der Waals surface area contributed by atoms with Crippen LogP contribution in [-0.4, -0.2) is 34.1 Å². The number of para-hydroxylation sites is 1. The number of hydrazone groups is 1. The van der Waals surface area contributed by atoms with E-state index in [1.54, 1.807) is 24.3 Å². The van der Waals surface area contributed by atoms with Gasteiger partial charge < -0.3 is 9.30 Å². The summed E-state index contributed by atoms with van der Waals surface area (Å²) in [6.45, 7) is 0. The summed E-state index contributed by atoms with van der Waals surface area (Å²) in [5.41, 5.74) is 3.74. The molecule has 1 aliphatic rings. The van der Waals surface area contributed by atoms with Crippen LogP contribution >= 0.6 is 11.8 Å². The molecule has 0 N–H and O–H groups in total. The highest BCUT2D eigenvalue weighted by molar-refractivity contribution is 8.00. The maximum atomic E-state index is 13.6. The molecule has 0 bridgehead atoms. The summed E-state index contributed by atoms with van der Waals surface area (Å²) in [4.78, 5) is 14.4. The van der Waals surface area contributed by atoms with Gasteiger partial charge >= 0.3 is 0 Å². The van der Waals surface area contributed by atoms with Gasteiger partial charge in [-0.05, 0) is 53.6 Å². The lowest BCUT2D eigenvalue weighted by Gasteiger charge is -2.22. The van der Waals surface area contributed by atoms with Gasteiger partial charge in [0.2, 0.25) is 0 Å². The van der Waals surface area contributed by atoms with E-state index in [9.17, 15) is 9.18 Å². The Morgan fingerprint density at radius 1 is 1.09 bits per heavy atom. The maximum Gasteiger partial charge on any atom is 0.253 e. The van der Waals surface area contributed by atoms with Gasteiger partial charge in [0.15, 0.2) is 0 Å². The second-order valence-corrected chi connectivity index (χ2v) is 9.21. The average molecular weight is 474 g/mol. The standard InChI is InChI=1S/C27H24FN3O2S/c1-30-16-26(22-5-3-4-6-24(22)30)34-17-27(32)31-25(19-7-11-20(28)12-8-19)15-23(29-31)18-9-13-21(33-2)14-10-18/h3-14,16,25H,15,17H2,1-2H3/t25-/m1/s1. The van der Waals surface area contributed by atoms with Crippen LogP contribution in [0.2, 0.25) is 0 Å². The predicted molar refractivity (Wildman–Crippen MR) is 134 cm³/mol. The van der Waals surface area contributed by atoms with Crippen molar-refractivity contribution in [2.75, 3.05) is 12.9 Å². The number of aryl methyl sites for hydroxylation is 1. The first-order chi connectivity index (χ1) is 16.5. The van der Waals surface area contributed by atoms with E-state index in [0.717, 1.165) is 38.4 Å². The zero-order valence-corrected chi connectivity index (χ0v) is 19.8. The van der Waals surface area contributed by atoms with Crippen LogP contribution in [0.4, 0.5) is 4.39 Å². The van der Waals surface area contributed by atoms with E-state index in [2.05, 4.69) is 22.9 Å². The van der Waals surface area contributed by atoms with Crippen molar-refractivity contribution < 1.29 is 13.9 Å². The summed E-state index contributed by atoms with van der Waals surface area (Å²) in [6.07, 6.45) is 2.61. The summed E-state index contributed by atoms with van der Waals surface area (Å²) in [6, 6.07) is 21.8. The molecule has 0 saturated heterocycles. The molecular formula is C27H24FN3O2S. The Bertz CT molecular complexity index is 1360. The molecule has 0 spiro atoms. The van der Waals surface area contributed by atoms with Gasteiger partial charge in [-0.3, -0.25) is 4.79 Å². The van der Waals surface area contributed by atoms with Crippen molar-refractivity contribution in [2.45, 2.75) is 17.4 Å². The molecule has 1 amide bonds. The number of rotatable bonds is 6. The fourth-order valence-corrected chi connectivity index (χ4v) is 5.24. The van der Waals surface area contributed by atoms with Crippen molar-refractivity contribution >= 4 is 34.3 Å². The van der Waals surface area contributed by atoms with E-state index in [-0.39, 0.29) is 23.5 Å². The molecule has 3 aromatic carbocycles. The molecule has 4 aromatic rings. The minimum absolute atomic E-state index is 0.0872. The number of halogens is 1. The van der Waals surface area contributed by atoms with E-state index in [0.29, 0.717) is 6.42 Å². The van der Waals surface area contributed by atoms with Gasteiger partial charge in [-0.15, -0.1) is 11.8 Å². The van der Waals surface area contributed by atoms with Crippen LogP contribution in [0, 0.1) is 5.82 Å². The third kappa shape index (κ3) is 4.31. The molecule has 5 rings (SSSR count). The van der Waals surface area contributed by atoms with Gasteiger partial charge in [-0.1, -0.05) is 30.3 Å². The van der Waals surface area contributed by atoms with Crippen LogP contribution < -0.4 is 4.74 Å². The Kier molecular flexibility index (Phi) is 6.11. The normalized spacial score (nSPS) is 15.6. The smallest absolute Gasteiger partial charge is 0.253 e. The quantitative estimate of drug-likeness (QED) is 0.333. The molecule has 0 fully saturated rings. The number of thioether (sulfide) groups is 1. The number of amides is 1. The Hall–Kier alpha value is -3.58. The van der Waals surface area contributed by atoms with Crippen LogP contribution in [0.3, 0.4) is 0 Å². The van der Waals surface area contributed by atoms with Gasteiger partial charge in [0.05, 0.1) is 24.6 Å². The average Bonchev–Trinajstić information content (AvgIpc) is 3.45. The summed E-state index contributed by atoms with van der Waals surface area (Å²) >= 11 is 1.51. The Balaban J connectivity index is 1.41. The molecule has 1 aromatic heterocycles. The summed E-state index contributed by atoms with van der Waals surface area (Å²) in [5.74, 6) is 0.625. The molecule has 2 heterocycles. The number of aromatic nitrogens is 1. The molecular weight excluding hydrogens is 449 g/mol. The summed E-state index contributed by atoms with van der Waals surface area (Å²) in [7, 11) is 3.63. The highest BCUT2D eigenvalue weighted by Crippen LogP contribution is 2.35. The summed E-state index contributed by atoms with van der Waals surface area (Å²) < 4.78 is 20.9. The highest BCUT2D eigenvalue weighted by atomic mass is 32.2. The number of benzene rings is 3. The van der Waals surface area contributed by atoms with Crippen molar-refractivity contribution in [3.8, 4) is 5.75 Å². The SMILES string of the molecule is COc1ccc(C2=NN(C(=O)CSc3cn(C)c4ccccc34)[C@@H](c3ccc(F)cc3)C2)cc1. The van der Waals surface area contributed by atoms with Crippen LogP contribution in [0.25, 0.3) is 10.9 Å². The number of hydrogen-bond acceptors (Lipinski definition) is 4. The van der Waals surface area contributed by atoms with Crippen molar-refractivity contribution in [3.05, 3.63) is 95.9 Å². The molecule has 5 nitrogen and oxygen atoms in total. The van der Waals surface area contributed by atoms with E-state index in [4.69, 9.17) is 9.84 Å². The zero-order valence-electron chi connectivity index (χ0n) is 18.9. The lowest BCUT2D eigenvalue weighted by atomic mass is 9.98. The van der Waals surface area contributed by atoms with Gasteiger partial charge in [0.1, 0.15) is 11.6 Å². The first kappa shape index (κ1) is 22.2. The molecule has 34 heavy (non-hydrogen) atoms.